The van der Waals surface area contributed by atoms with Crippen molar-refractivity contribution in [2.45, 2.75) is 64.7 Å². The minimum Gasteiger partial charge on any atom is -0.233 e. The number of alkyl halides is 4. The monoisotopic (exact) mass is 288 g/mol. The molecule has 0 spiro atoms. The van der Waals surface area contributed by atoms with E-state index in [9.17, 15) is 17.6 Å². The number of thiol groups is 1. The lowest BCUT2D eigenvalue weighted by molar-refractivity contribution is -0.266. The lowest BCUT2D eigenvalue weighted by Gasteiger charge is -2.38. The van der Waals surface area contributed by atoms with Gasteiger partial charge in [-0.3, -0.25) is 0 Å². The Kier molecular flexibility index (Phi) is 7.64. The lowest BCUT2D eigenvalue weighted by atomic mass is 9.75. The molecule has 0 aliphatic rings. The zero-order valence-electron chi connectivity index (χ0n) is 11.4. The molecule has 0 aromatic heterocycles. The van der Waals surface area contributed by atoms with Crippen LogP contribution in [0.5, 0.6) is 0 Å². The van der Waals surface area contributed by atoms with Crippen LogP contribution in [-0.4, -0.2) is 17.6 Å². The molecule has 0 aromatic rings. The van der Waals surface area contributed by atoms with Crippen LogP contribution in [0.15, 0.2) is 0 Å². The molecule has 0 aliphatic heterocycles. The van der Waals surface area contributed by atoms with Gasteiger partial charge in [0.15, 0.2) is 0 Å². The van der Waals surface area contributed by atoms with Crippen LogP contribution in [0.3, 0.4) is 0 Å². The summed E-state index contributed by atoms with van der Waals surface area (Å²) in [4.78, 5) is 0. The zero-order valence-corrected chi connectivity index (χ0v) is 12.3. The summed E-state index contributed by atoms with van der Waals surface area (Å²) in [7, 11) is 0. The third kappa shape index (κ3) is 4.32. The molecule has 0 saturated heterocycles. The van der Waals surface area contributed by atoms with Gasteiger partial charge in [-0.25, -0.2) is 4.39 Å². The Balaban J connectivity index is 4.99. The second-order valence-corrected chi connectivity index (χ2v) is 5.57. The molecule has 110 valence electrons. The standard InChI is InChI=1S/C13H24F4S/c1-4-7-11(8-5-6-9-18)12(14,10(2)3)13(15,16)17/h10-11,18H,4-9H2,1-3H3. The summed E-state index contributed by atoms with van der Waals surface area (Å²) in [5.41, 5.74) is -3.07. The van der Waals surface area contributed by atoms with Gasteiger partial charge in [0.1, 0.15) is 0 Å². The van der Waals surface area contributed by atoms with Gasteiger partial charge in [-0.2, -0.15) is 25.8 Å². The van der Waals surface area contributed by atoms with Crippen LogP contribution in [-0.2, 0) is 0 Å². The molecule has 0 fully saturated rings. The van der Waals surface area contributed by atoms with Crippen molar-refractivity contribution in [1.29, 1.82) is 0 Å². The molecule has 18 heavy (non-hydrogen) atoms. The molecule has 0 rings (SSSR count). The van der Waals surface area contributed by atoms with Crippen LogP contribution < -0.4 is 0 Å². The Morgan fingerprint density at radius 1 is 1.00 bits per heavy atom. The third-order valence-electron chi connectivity index (χ3n) is 3.47. The topological polar surface area (TPSA) is 0 Å². The predicted octanol–water partition coefficient (Wildman–Crippen LogP) is 5.43. The summed E-state index contributed by atoms with van der Waals surface area (Å²) in [5.74, 6) is -1.36. The molecule has 0 N–H and O–H groups in total. The lowest BCUT2D eigenvalue weighted by Crippen LogP contribution is -2.51. The summed E-state index contributed by atoms with van der Waals surface area (Å²) in [5, 5.41) is 0. The fourth-order valence-electron chi connectivity index (χ4n) is 2.45. The van der Waals surface area contributed by atoms with Gasteiger partial charge in [-0.1, -0.05) is 33.6 Å². The smallest absolute Gasteiger partial charge is 0.233 e. The molecule has 0 saturated carbocycles. The number of unbranched alkanes of at least 4 members (excludes halogenated alkanes) is 1. The fourth-order valence-corrected chi connectivity index (χ4v) is 2.67. The summed E-state index contributed by atoms with van der Waals surface area (Å²) >= 11 is 4.03. The van der Waals surface area contributed by atoms with Gasteiger partial charge in [0.05, 0.1) is 0 Å². The summed E-state index contributed by atoms with van der Waals surface area (Å²) in [6.45, 7) is 4.42. The Bertz CT molecular complexity index is 228. The van der Waals surface area contributed by atoms with Crippen LogP contribution >= 0.6 is 12.6 Å². The van der Waals surface area contributed by atoms with E-state index in [-0.39, 0.29) is 12.8 Å². The van der Waals surface area contributed by atoms with E-state index in [2.05, 4.69) is 12.6 Å². The van der Waals surface area contributed by atoms with Crippen LogP contribution in [0.2, 0.25) is 0 Å². The molecule has 0 amide bonds. The molecule has 0 heterocycles. The molecular weight excluding hydrogens is 264 g/mol. The van der Waals surface area contributed by atoms with Gasteiger partial charge >= 0.3 is 6.18 Å². The highest BCUT2D eigenvalue weighted by Gasteiger charge is 2.61. The van der Waals surface area contributed by atoms with Crippen LogP contribution in [0.1, 0.15) is 52.9 Å². The average molecular weight is 288 g/mol. The largest absolute Gasteiger partial charge is 0.423 e. The third-order valence-corrected chi connectivity index (χ3v) is 3.78. The molecule has 2 unspecified atom stereocenters. The van der Waals surface area contributed by atoms with Gasteiger partial charge in [-0.05, 0) is 30.9 Å². The maximum Gasteiger partial charge on any atom is 0.423 e. The van der Waals surface area contributed by atoms with Crippen molar-refractivity contribution in [2.24, 2.45) is 11.8 Å². The van der Waals surface area contributed by atoms with Crippen molar-refractivity contribution in [3.05, 3.63) is 0 Å². The van der Waals surface area contributed by atoms with E-state index in [0.717, 1.165) is 6.42 Å². The minimum absolute atomic E-state index is 0.279. The summed E-state index contributed by atoms with van der Waals surface area (Å²) in [6, 6.07) is 0. The van der Waals surface area contributed by atoms with Crippen LogP contribution in [0.25, 0.3) is 0 Å². The Hall–Kier alpha value is 0.0700. The molecule has 0 aromatic carbocycles. The van der Waals surface area contributed by atoms with E-state index >= 15 is 0 Å². The van der Waals surface area contributed by atoms with E-state index in [1.54, 1.807) is 6.92 Å². The van der Waals surface area contributed by atoms with Crippen molar-refractivity contribution in [2.75, 3.05) is 5.75 Å². The van der Waals surface area contributed by atoms with Crippen molar-refractivity contribution >= 4 is 12.6 Å². The van der Waals surface area contributed by atoms with Crippen molar-refractivity contribution in [3.8, 4) is 0 Å². The van der Waals surface area contributed by atoms with Gasteiger partial charge in [0.2, 0.25) is 5.67 Å². The van der Waals surface area contributed by atoms with E-state index in [1.807, 2.05) is 0 Å². The van der Waals surface area contributed by atoms with Gasteiger partial charge in [0.25, 0.3) is 0 Å². The fraction of sp³-hybridized carbons (Fsp3) is 1.00. The predicted molar refractivity (Wildman–Crippen MR) is 70.8 cm³/mol. The normalized spacial score (nSPS) is 17.8. The van der Waals surface area contributed by atoms with Gasteiger partial charge < -0.3 is 0 Å². The van der Waals surface area contributed by atoms with E-state index in [1.165, 1.54) is 13.8 Å². The quantitative estimate of drug-likeness (QED) is 0.344. The first-order valence-electron chi connectivity index (χ1n) is 6.58. The molecule has 5 heteroatoms. The highest BCUT2D eigenvalue weighted by molar-refractivity contribution is 7.80. The average Bonchev–Trinajstić information content (AvgIpc) is 2.25. The van der Waals surface area contributed by atoms with Crippen molar-refractivity contribution in [1.82, 2.24) is 0 Å². The van der Waals surface area contributed by atoms with Crippen LogP contribution in [0, 0.1) is 11.8 Å². The van der Waals surface area contributed by atoms with Crippen molar-refractivity contribution < 1.29 is 17.6 Å². The first-order valence-corrected chi connectivity index (χ1v) is 7.21. The number of halogens is 4. The second kappa shape index (κ2) is 7.61. The zero-order chi connectivity index (χ0) is 14.4. The Morgan fingerprint density at radius 3 is 1.89 bits per heavy atom. The summed E-state index contributed by atoms with van der Waals surface area (Å²) in [6.07, 6.45) is -2.33. The SMILES string of the molecule is CCCC(CCCCS)C(F)(C(C)C)C(F)(F)F. The molecule has 0 radical (unpaired) electrons. The van der Waals surface area contributed by atoms with Gasteiger partial charge in [0, 0.05) is 5.92 Å². The molecule has 0 aliphatic carbocycles. The maximum atomic E-state index is 14.6. The molecular formula is C13H24F4S. The molecule has 2 atom stereocenters. The molecule has 0 bridgehead atoms. The van der Waals surface area contributed by atoms with Crippen molar-refractivity contribution in [3.63, 3.8) is 0 Å². The summed E-state index contributed by atoms with van der Waals surface area (Å²) < 4.78 is 53.7. The Morgan fingerprint density at radius 2 is 1.56 bits per heavy atom. The highest BCUT2D eigenvalue weighted by Crippen LogP contribution is 2.48. The van der Waals surface area contributed by atoms with E-state index in [4.69, 9.17) is 0 Å². The van der Waals surface area contributed by atoms with Crippen LogP contribution in [0.4, 0.5) is 17.6 Å². The van der Waals surface area contributed by atoms with E-state index < -0.39 is 23.7 Å². The first kappa shape index (κ1) is 18.1. The maximum absolute atomic E-state index is 14.6. The molecule has 0 nitrogen and oxygen atoms in total. The Labute approximate surface area is 113 Å². The van der Waals surface area contributed by atoms with Gasteiger partial charge in [-0.15, -0.1) is 0 Å². The van der Waals surface area contributed by atoms with E-state index in [0.29, 0.717) is 18.6 Å². The highest BCUT2D eigenvalue weighted by atomic mass is 32.1. The second-order valence-electron chi connectivity index (χ2n) is 5.13. The number of hydrogen-bond donors (Lipinski definition) is 1. The minimum atomic E-state index is -4.79. The number of rotatable bonds is 8. The first-order chi connectivity index (χ1) is 8.21. The number of hydrogen-bond acceptors (Lipinski definition) is 1.